The van der Waals surface area contributed by atoms with Gasteiger partial charge in [-0.15, -0.1) is 0 Å². The molecule has 1 N–H and O–H groups in total. The van der Waals surface area contributed by atoms with E-state index in [-0.39, 0.29) is 16.6 Å². The molecule has 0 aromatic rings. The van der Waals surface area contributed by atoms with Crippen LogP contribution in [0.15, 0.2) is 36.0 Å². The average Bonchev–Trinajstić information content (AvgIpc) is 3.13. The van der Waals surface area contributed by atoms with Crippen LogP contribution in [0.25, 0.3) is 0 Å². The van der Waals surface area contributed by atoms with Gasteiger partial charge in [-0.1, -0.05) is 32.1 Å². The Kier molecular flexibility index (Phi) is 3.49. The largest absolute Gasteiger partial charge is 0.481 e. The van der Waals surface area contributed by atoms with Crippen molar-refractivity contribution in [1.29, 1.82) is 0 Å². The monoisotopic (exact) mass is 382 g/mol. The van der Waals surface area contributed by atoms with E-state index < -0.39 is 23.5 Å². The maximum absolute atomic E-state index is 12.3. The molecule has 0 amide bonds. The molecule has 0 aromatic heterocycles. The van der Waals surface area contributed by atoms with Crippen molar-refractivity contribution in [3.05, 3.63) is 36.0 Å². The number of esters is 1. The molecule has 7 atom stereocenters. The fourth-order valence-corrected chi connectivity index (χ4v) is 7.15. The van der Waals surface area contributed by atoms with E-state index >= 15 is 0 Å². The molecular formula is C23H26O5. The number of carboxylic acids is 1. The highest BCUT2D eigenvalue weighted by atomic mass is 16.6. The van der Waals surface area contributed by atoms with Gasteiger partial charge in [0, 0.05) is 17.3 Å². The second kappa shape index (κ2) is 5.46. The molecule has 1 saturated heterocycles. The lowest BCUT2D eigenvalue weighted by Gasteiger charge is -2.56. The van der Waals surface area contributed by atoms with Crippen LogP contribution in [-0.2, 0) is 19.1 Å². The molecule has 0 radical (unpaired) electrons. The molecule has 5 aliphatic rings. The van der Waals surface area contributed by atoms with Crippen LogP contribution in [0.2, 0.25) is 0 Å². The van der Waals surface area contributed by atoms with Crippen LogP contribution in [0.3, 0.4) is 0 Å². The molecule has 1 spiro atoms. The summed E-state index contributed by atoms with van der Waals surface area (Å²) in [6.07, 6.45) is 13.8. The predicted octanol–water partition coefficient (Wildman–Crippen LogP) is 3.46. The van der Waals surface area contributed by atoms with Crippen LogP contribution < -0.4 is 0 Å². The highest BCUT2D eigenvalue weighted by Crippen LogP contribution is 2.68. The van der Waals surface area contributed by atoms with Gasteiger partial charge in [0.2, 0.25) is 0 Å². The van der Waals surface area contributed by atoms with Crippen molar-refractivity contribution in [3.8, 4) is 0 Å². The number of carboxylic acid groups (broad SMARTS) is 1. The van der Waals surface area contributed by atoms with Gasteiger partial charge in [0.05, 0.1) is 0 Å². The van der Waals surface area contributed by atoms with Gasteiger partial charge in [0.15, 0.2) is 11.7 Å². The lowest BCUT2D eigenvalue weighted by molar-refractivity contribution is -0.166. The molecule has 0 bridgehead atoms. The molecule has 1 unspecified atom stereocenters. The number of ketones is 1. The number of allylic oxidation sites excluding steroid dienone is 6. The Bertz CT molecular complexity index is 881. The molecule has 3 fully saturated rings. The summed E-state index contributed by atoms with van der Waals surface area (Å²) in [5.41, 5.74) is 0.104. The molecule has 0 aromatic carbocycles. The third-order valence-corrected chi connectivity index (χ3v) is 8.82. The Balaban J connectivity index is 1.51. The zero-order valence-corrected chi connectivity index (χ0v) is 16.3. The second-order valence-corrected chi connectivity index (χ2v) is 9.77. The summed E-state index contributed by atoms with van der Waals surface area (Å²) < 4.78 is 5.87. The molecule has 28 heavy (non-hydrogen) atoms. The Morgan fingerprint density at radius 3 is 2.61 bits per heavy atom. The average molecular weight is 382 g/mol. The highest BCUT2D eigenvalue weighted by molar-refractivity contribution is 6.01. The van der Waals surface area contributed by atoms with Gasteiger partial charge >= 0.3 is 11.9 Å². The van der Waals surface area contributed by atoms with E-state index in [1.165, 1.54) is 0 Å². The van der Waals surface area contributed by atoms with Crippen LogP contribution in [0.1, 0.15) is 46.0 Å². The number of carbonyl (C=O) groups is 3. The second-order valence-electron chi connectivity index (χ2n) is 9.77. The molecule has 1 aliphatic heterocycles. The highest BCUT2D eigenvalue weighted by Gasteiger charge is 2.68. The van der Waals surface area contributed by atoms with E-state index in [0.29, 0.717) is 24.2 Å². The van der Waals surface area contributed by atoms with Crippen LogP contribution in [0.4, 0.5) is 0 Å². The van der Waals surface area contributed by atoms with E-state index in [1.54, 1.807) is 12.2 Å². The fourth-order valence-electron chi connectivity index (χ4n) is 7.15. The van der Waals surface area contributed by atoms with Crippen molar-refractivity contribution >= 4 is 17.7 Å². The minimum Gasteiger partial charge on any atom is -0.481 e. The van der Waals surface area contributed by atoms with Crippen molar-refractivity contribution < 1.29 is 24.2 Å². The van der Waals surface area contributed by atoms with E-state index in [4.69, 9.17) is 4.74 Å². The molecule has 2 saturated carbocycles. The zero-order valence-electron chi connectivity index (χ0n) is 16.3. The Labute approximate surface area is 164 Å². The maximum atomic E-state index is 12.3. The van der Waals surface area contributed by atoms with Gasteiger partial charge in [0.25, 0.3) is 0 Å². The summed E-state index contributed by atoms with van der Waals surface area (Å²) in [6.45, 7) is 4.44. The lowest BCUT2D eigenvalue weighted by atomic mass is 9.49. The minimum absolute atomic E-state index is 0.0497. The van der Waals surface area contributed by atoms with Gasteiger partial charge in [-0.3, -0.25) is 14.4 Å². The molecule has 5 nitrogen and oxygen atoms in total. The third-order valence-electron chi connectivity index (χ3n) is 8.82. The number of ether oxygens (including phenoxy) is 1. The van der Waals surface area contributed by atoms with Crippen molar-refractivity contribution in [3.63, 3.8) is 0 Å². The number of fused-ring (bicyclic) bond motifs is 6. The van der Waals surface area contributed by atoms with Crippen molar-refractivity contribution in [2.24, 2.45) is 34.5 Å². The molecule has 5 heteroatoms. The molecule has 5 rings (SSSR count). The Morgan fingerprint density at radius 2 is 1.89 bits per heavy atom. The molecule has 1 heterocycles. The van der Waals surface area contributed by atoms with Crippen LogP contribution >= 0.6 is 0 Å². The SMILES string of the molecule is C[C@]12C=CC(=O)C=C1C=C[C@@H]1[C@@H]2CC[C@@]2(C)[C@H]1CC[C@@]21CC(C(=O)O)C(=O)O1. The standard InChI is InChI=1S/C23H26O5/c1-21-8-5-14(24)11-13(21)3-4-15-17(21)6-9-22(2)18(15)7-10-23(22)12-16(19(25)26)20(27)28-23/h3-5,8,11,15-18H,6-7,9-10,12H2,1-2H3,(H,25,26)/t15-,16?,17+,18+,21+,22+,23-/m1/s1. The topological polar surface area (TPSA) is 80.7 Å². The van der Waals surface area contributed by atoms with E-state index in [1.807, 2.05) is 0 Å². The summed E-state index contributed by atoms with van der Waals surface area (Å²) in [5, 5.41) is 9.43. The number of hydrogen-bond donors (Lipinski definition) is 1. The van der Waals surface area contributed by atoms with Gasteiger partial charge in [0.1, 0.15) is 5.60 Å². The van der Waals surface area contributed by atoms with E-state index in [2.05, 4.69) is 32.1 Å². The van der Waals surface area contributed by atoms with E-state index in [9.17, 15) is 19.5 Å². The van der Waals surface area contributed by atoms with Gasteiger partial charge in [-0.2, -0.15) is 0 Å². The van der Waals surface area contributed by atoms with Crippen molar-refractivity contribution in [2.45, 2.75) is 51.6 Å². The predicted molar refractivity (Wildman–Crippen MR) is 101 cm³/mol. The first-order chi connectivity index (χ1) is 13.2. The first-order valence-electron chi connectivity index (χ1n) is 10.3. The van der Waals surface area contributed by atoms with Crippen molar-refractivity contribution in [1.82, 2.24) is 0 Å². The van der Waals surface area contributed by atoms with Gasteiger partial charge in [-0.05, 0) is 61.2 Å². The number of aliphatic carboxylic acids is 1. The zero-order chi connectivity index (χ0) is 19.9. The number of carbonyl (C=O) groups excluding carboxylic acids is 2. The number of hydrogen-bond acceptors (Lipinski definition) is 4. The smallest absolute Gasteiger partial charge is 0.321 e. The van der Waals surface area contributed by atoms with Crippen LogP contribution in [-0.4, -0.2) is 28.4 Å². The van der Waals surface area contributed by atoms with Crippen LogP contribution in [0, 0.1) is 34.5 Å². The minimum atomic E-state index is -1.07. The fraction of sp³-hybridized carbons (Fsp3) is 0.609. The van der Waals surface area contributed by atoms with Gasteiger partial charge < -0.3 is 9.84 Å². The first kappa shape index (κ1) is 17.9. The van der Waals surface area contributed by atoms with Gasteiger partial charge in [-0.25, -0.2) is 0 Å². The first-order valence-corrected chi connectivity index (χ1v) is 10.3. The molecule has 148 valence electrons. The summed E-state index contributed by atoms with van der Waals surface area (Å²) >= 11 is 0. The quantitative estimate of drug-likeness (QED) is 0.555. The number of rotatable bonds is 1. The summed E-state index contributed by atoms with van der Waals surface area (Å²) in [4.78, 5) is 35.6. The summed E-state index contributed by atoms with van der Waals surface area (Å²) in [7, 11) is 0. The Morgan fingerprint density at radius 1 is 1.14 bits per heavy atom. The van der Waals surface area contributed by atoms with E-state index in [0.717, 1.165) is 31.3 Å². The third kappa shape index (κ3) is 2.05. The maximum Gasteiger partial charge on any atom is 0.321 e. The van der Waals surface area contributed by atoms with Crippen LogP contribution in [0.5, 0.6) is 0 Å². The normalized spacial score (nSPS) is 48.7. The molecule has 4 aliphatic carbocycles. The summed E-state index contributed by atoms with van der Waals surface area (Å²) in [6, 6.07) is 0. The Hall–Kier alpha value is -2.17. The lowest BCUT2D eigenvalue weighted by Crippen LogP contribution is -2.53. The molecular weight excluding hydrogens is 356 g/mol. The summed E-state index contributed by atoms with van der Waals surface area (Å²) in [5.74, 6) is -1.51. The van der Waals surface area contributed by atoms with Crippen molar-refractivity contribution in [2.75, 3.05) is 0 Å².